The maximum Gasteiger partial charge on any atom is 0.0621 e. The Morgan fingerprint density at radius 3 is 2.67 bits per heavy atom. The monoisotopic (exact) mass is 187 g/mol. The van der Waals surface area contributed by atoms with E-state index in [0.29, 0.717) is 6.42 Å². The Hall–Kier alpha value is -0.200. The van der Waals surface area contributed by atoms with Crippen molar-refractivity contribution in [3.63, 3.8) is 0 Å². The summed E-state index contributed by atoms with van der Waals surface area (Å²) in [5.74, 6) is 2.37. The smallest absolute Gasteiger partial charge is 0.0621 e. The lowest BCUT2D eigenvalue weighted by Crippen LogP contribution is -1.91. The number of unbranched alkanes of at least 4 members (excludes halogenated alkanes) is 2. The fourth-order valence-electron chi connectivity index (χ4n) is 0.816. The third kappa shape index (κ3) is 9.80. The Bertz CT molecular complexity index is 122. The SMILES string of the molecule is COCCCSCCCCC#N. The Morgan fingerprint density at radius 1 is 1.25 bits per heavy atom. The van der Waals surface area contributed by atoms with E-state index >= 15 is 0 Å². The van der Waals surface area contributed by atoms with E-state index in [9.17, 15) is 0 Å². The number of hydrogen-bond acceptors (Lipinski definition) is 3. The molecule has 3 heteroatoms. The van der Waals surface area contributed by atoms with Gasteiger partial charge < -0.3 is 4.74 Å². The molecule has 12 heavy (non-hydrogen) atoms. The minimum atomic E-state index is 0.707. The van der Waals surface area contributed by atoms with Crippen LogP contribution >= 0.6 is 11.8 Å². The van der Waals surface area contributed by atoms with E-state index in [-0.39, 0.29) is 0 Å². The molecule has 0 atom stereocenters. The summed E-state index contributed by atoms with van der Waals surface area (Å²) in [5.41, 5.74) is 0. The number of methoxy groups -OCH3 is 1. The van der Waals surface area contributed by atoms with E-state index in [1.54, 1.807) is 7.11 Å². The zero-order valence-corrected chi connectivity index (χ0v) is 8.53. The van der Waals surface area contributed by atoms with Crippen LogP contribution in [-0.2, 0) is 4.74 Å². The largest absolute Gasteiger partial charge is 0.385 e. The van der Waals surface area contributed by atoms with Gasteiger partial charge in [0, 0.05) is 20.1 Å². The quantitative estimate of drug-likeness (QED) is 0.547. The number of rotatable bonds is 8. The Balaban J connectivity index is 2.78. The Labute approximate surface area is 79.3 Å². The second kappa shape index (κ2) is 10.8. The van der Waals surface area contributed by atoms with Crippen LogP contribution in [0.15, 0.2) is 0 Å². The molecule has 0 bridgehead atoms. The van der Waals surface area contributed by atoms with Gasteiger partial charge in [0.2, 0.25) is 0 Å². The van der Waals surface area contributed by atoms with Crippen LogP contribution in [0.1, 0.15) is 25.7 Å². The summed E-state index contributed by atoms with van der Waals surface area (Å²) >= 11 is 1.95. The first kappa shape index (κ1) is 11.8. The maximum atomic E-state index is 8.27. The Kier molecular flexibility index (Phi) is 10.6. The molecular formula is C9H17NOS. The van der Waals surface area contributed by atoms with Crippen LogP contribution in [0, 0.1) is 11.3 Å². The minimum absolute atomic E-state index is 0.707. The number of nitriles is 1. The Morgan fingerprint density at radius 2 is 2.00 bits per heavy atom. The predicted octanol–water partition coefficient (Wildman–Crippen LogP) is 2.45. The molecule has 0 fully saturated rings. The van der Waals surface area contributed by atoms with Crippen molar-refractivity contribution in [1.82, 2.24) is 0 Å². The molecule has 0 aromatic carbocycles. The molecule has 0 amide bonds. The summed E-state index contributed by atoms with van der Waals surface area (Å²) in [5, 5.41) is 8.27. The fraction of sp³-hybridized carbons (Fsp3) is 0.889. The van der Waals surface area contributed by atoms with Gasteiger partial charge in [0.15, 0.2) is 0 Å². The second-order valence-electron chi connectivity index (χ2n) is 2.57. The van der Waals surface area contributed by atoms with E-state index < -0.39 is 0 Å². The van der Waals surface area contributed by atoms with E-state index in [1.165, 1.54) is 17.9 Å². The summed E-state index contributed by atoms with van der Waals surface area (Å²) in [6.45, 7) is 0.866. The lowest BCUT2D eigenvalue weighted by Gasteiger charge is -1.99. The van der Waals surface area contributed by atoms with Gasteiger partial charge in [-0.25, -0.2) is 0 Å². The van der Waals surface area contributed by atoms with E-state index in [2.05, 4.69) is 6.07 Å². The van der Waals surface area contributed by atoms with Crippen molar-refractivity contribution in [3.05, 3.63) is 0 Å². The molecule has 0 radical (unpaired) electrons. The van der Waals surface area contributed by atoms with Gasteiger partial charge in [-0.05, 0) is 30.8 Å². The first-order chi connectivity index (χ1) is 5.91. The molecule has 0 heterocycles. The molecule has 70 valence electrons. The lowest BCUT2D eigenvalue weighted by atomic mass is 10.3. The van der Waals surface area contributed by atoms with E-state index in [0.717, 1.165) is 19.4 Å². The average Bonchev–Trinajstić information content (AvgIpc) is 2.10. The summed E-state index contributed by atoms with van der Waals surface area (Å²) in [4.78, 5) is 0. The van der Waals surface area contributed by atoms with Gasteiger partial charge in [-0.15, -0.1) is 0 Å². The highest BCUT2D eigenvalue weighted by molar-refractivity contribution is 7.99. The lowest BCUT2D eigenvalue weighted by molar-refractivity contribution is 0.200. The molecule has 0 spiro atoms. The minimum Gasteiger partial charge on any atom is -0.385 e. The third-order valence-corrected chi connectivity index (χ3v) is 2.62. The van der Waals surface area contributed by atoms with Gasteiger partial charge in [0.25, 0.3) is 0 Å². The second-order valence-corrected chi connectivity index (χ2v) is 3.80. The van der Waals surface area contributed by atoms with Crippen molar-refractivity contribution in [2.24, 2.45) is 0 Å². The molecule has 0 saturated heterocycles. The normalized spacial score (nSPS) is 9.67. The van der Waals surface area contributed by atoms with Gasteiger partial charge in [-0.1, -0.05) is 0 Å². The predicted molar refractivity (Wildman–Crippen MR) is 53.3 cm³/mol. The maximum absolute atomic E-state index is 8.27. The van der Waals surface area contributed by atoms with Gasteiger partial charge in [-0.2, -0.15) is 17.0 Å². The highest BCUT2D eigenvalue weighted by Gasteiger charge is 1.90. The summed E-state index contributed by atoms with van der Waals surface area (Å²) in [7, 11) is 1.73. The van der Waals surface area contributed by atoms with Crippen LogP contribution in [0.5, 0.6) is 0 Å². The van der Waals surface area contributed by atoms with Crippen LogP contribution in [0.4, 0.5) is 0 Å². The van der Waals surface area contributed by atoms with Gasteiger partial charge in [0.05, 0.1) is 6.07 Å². The van der Waals surface area contributed by atoms with Gasteiger partial charge in [0.1, 0.15) is 0 Å². The first-order valence-electron chi connectivity index (χ1n) is 4.35. The molecule has 0 aliphatic heterocycles. The van der Waals surface area contributed by atoms with Crippen molar-refractivity contribution in [2.45, 2.75) is 25.7 Å². The fourth-order valence-corrected chi connectivity index (χ4v) is 1.75. The molecule has 0 aliphatic carbocycles. The first-order valence-corrected chi connectivity index (χ1v) is 5.51. The molecule has 0 aromatic heterocycles. The van der Waals surface area contributed by atoms with Crippen molar-refractivity contribution >= 4 is 11.8 Å². The summed E-state index contributed by atoms with van der Waals surface area (Å²) in [6.07, 6.45) is 4.07. The molecule has 2 nitrogen and oxygen atoms in total. The average molecular weight is 187 g/mol. The van der Waals surface area contributed by atoms with Crippen LogP contribution in [0.25, 0.3) is 0 Å². The van der Waals surface area contributed by atoms with Crippen LogP contribution < -0.4 is 0 Å². The van der Waals surface area contributed by atoms with Crippen molar-refractivity contribution in [3.8, 4) is 6.07 Å². The topological polar surface area (TPSA) is 33.0 Å². The van der Waals surface area contributed by atoms with E-state index in [4.69, 9.17) is 10.00 Å². The molecule has 0 rings (SSSR count). The number of hydrogen-bond donors (Lipinski definition) is 0. The summed E-state index contributed by atoms with van der Waals surface area (Å²) in [6, 6.07) is 2.15. The molecule has 0 aliphatic rings. The van der Waals surface area contributed by atoms with E-state index in [1.807, 2.05) is 11.8 Å². The number of thioether (sulfide) groups is 1. The number of ether oxygens (including phenoxy) is 1. The standard InChI is InChI=1S/C9H17NOS/c1-11-7-5-9-12-8-4-2-3-6-10/h2-5,7-9H2,1H3. The molecule has 0 saturated carbocycles. The van der Waals surface area contributed by atoms with Crippen molar-refractivity contribution in [2.75, 3.05) is 25.2 Å². The number of nitrogens with zero attached hydrogens (tertiary/aromatic N) is 1. The third-order valence-electron chi connectivity index (χ3n) is 1.46. The summed E-state index contributed by atoms with van der Waals surface area (Å²) < 4.78 is 4.93. The van der Waals surface area contributed by atoms with Crippen LogP contribution in [0.2, 0.25) is 0 Å². The zero-order valence-electron chi connectivity index (χ0n) is 7.71. The molecule has 0 aromatic rings. The van der Waals surface area contributed by atoms with Crippen molar-refractivity contribution < 1.29 is 4.74 Å². The van der Waals surface area contributed by atoms with Crippen LogP contribution in [-0.4, -0.2) is 25.2 Å². The molecule has 0 unspecified atom stereocenters. The highest BCUT2D eigenvalue weighted by Crippen LogP contribution is 2.07. The molecular weight excluding hydrogens is 170 g/mol. The highest BCUT2D eigenvalue weighted by atomic mass is 32.2. The zero-order chi connectivity index (χ0) is 9.07. The van der Waals surface area contributed by atoms with Gasteiger partial charge >= 0.3 is 0 Å². The molecule has 0 N–H and O–H groups in total. The van der Waals surface area contributed by atoms with Crippen LogP contribution in [0.3, 0.4) is 0 Å². The van der Waals surface area contributed by atoms with Gasteiger partial charge in [-0.3, -0.25) is 0 Å². The van der Waals surface area contributed by atoms with Crippen molar-refractivity contribution in [1.29, 1.82) is 5.26 Å².